The minimum Gasteiger partial charge on any atom is -0.462 e. The van der Waals surface area contributed by atoms with Crippen LogP contribution in [0.2, 0.25) is 5.02 Å². The second kappa shape index (κ2) is 9.82. The number of esters is 1. The molecule has 1 amide bonds. The molecule has 9 heteroatoms. The summed E-state index contributed by atoms with van der Waals surface area (Å²) in [5, 5.41) is 11.3. The van der Waals surface area contributed by atoms with E-state index in [0.717, 1.165) is 11.6 Å². The monoisotopic (exact) mass is 439 g/mol. The van der Waals surface area contributed by atoms with Crippen LogP contribution in [0.4, 0.5) is 11.4 Å². The highest BCUT2D eigenvalue weighted by Gasteiger charge is 2.23. The number of aromatic nitrogens is 1. The second-order valence-corrected chi connectivity index (χ2v) is 6.84. The zero-order valence-electron chi connectivity index (χ0n) is 16.5. The lowest BCUT2D eigenvalue weighted by molar-refractivity contribution is -0.384. The van der Waals surface area contributed by atoms with E-state index in [1.807, 2.05) is 0 Å². The molecule has 8 nitrogen and oxygen atoms in total. The SMILES string of the molecule is CCOC(=O)c1ccc(N(Cc2ccncc2)C(=O)c2cc([N+](=O)[O-])ccc2Cl)cc1. The smallest absolute Gasteiger partial charge is 0.338 e. The van der Waals surface area contributed by atoms with Crippen molar-refractivity contribution in [2.24, 2.45) is 0 Å². The maximum Gasteiger partial charge on any atom is 0.338 e. The van der Waals surface area contributed by atoms with Gasteiger partial charge in [-0.2, -0.15) is 0 Å². The van der Waals surface area contributed by atoms with Crippen molar-refractivity contribution in [3.05, 3.63) is 98.8 Å². The number of hydrogen-bond acceptors (Lipinski definition) is 6. The third-order valence-corrected chi connectivity index (χ3v) is 4.75. The molecule has 0 spiro atoms. The van der Waals surface area contributed by atoms with E-state index in [1.165, 1.54) is 17.0 Å². The van der Waals surface area contributed by atoms with E-state index in [4.69, 9.17) is 16.3 Å². The number of nitrogens with zero attached hydrogens (tertiary/aromatic N) is 3. The first-order valence-corrected chi connectivity index (χ1v) is 9.70. The summed E-state index contributed by atoms with van der Waals surface area (Å²) in [6.07, 6.45) is 3.20. The molecule has 0 aliphatic carbocycles. The number of anilines is 1. The minimum atomic E-state index is -0.589. The fourth-order valence-electron chi connectivity index (χ4n) is 2.88. The summed E-state index contributed by atoms with van der Waals surface area (Å²) in [5.41, 5.74) is 1.38. The van der Waals surface area contributed by atoms with Crippen molar-refractivity contribution in [3.8, 4) is 0 Å². The Balaban J connectivity index is 2.01. The number of non-ortho nitro benzene ring substituents is 1. The molecule has 0 fully saturated rings. The van der Waals surface area contributed by atoms with Crippen molar-refractivity contribution in [2.45, 2.75) is 13.5 Å². The Labute approximate surface area is 183 Å². The second-order valence-electron chi connectivity index (χ2n) is 6.44. The Morgan fingerprint density at radius 3 is 2.39 bits per heavy atom. The Morgan fingerprint density at radius 2 is 1.77 bits per heavy atom. The Hall–Kier alpha value is -3.78. The average molecular weight is 440 g/mol. The number of nitro benzene ring substituents is 1. The van der Waals surface area contributed by atoms with Gasteiger partial charge in [-0.05, 0) is 55.0 Å². The number of carbonyl (C=O) groups is 2. The van der Waals surface area contributed by atoms with Gasteiger partial charge in [0.2, 0.25) is 0 Å². The standard InChI is InChI=1S/C22H18ClN3O5/c1-2-31-22(28)16-3-5-17(6-4-16)25(14-15-9-11-24-12-10-15)21(27)19-13-18(26(29)30)7-8-20(19)23/h3-13H,2,14H2,1H3. The summed E-state index contributed by atoms with van der Waals surface area (Å²) in [6, 6.07) is 13.5. The molecule has 0 saturated heterocycles. The summed E-state index contributed by atoms with van der Waals surface area (Å²) in [6.45, 7) is 2.13. The molecule has 0 bridgehead atoms. The number of carbonyl (C=O) groups excluding carboxylic acids is 2. The Bertz CT molecular complexity index is 1100. The number of hydrogen-bond donors (Lipinski definition) is 0. The van der Waals surface area contributed by atoms with Gasteiger partial charge in [0.05, 0.1) is 34.2 Å². The summed E-state index contributed by atoms with van der Waals surface area (Å²) < 4.78 is 4.98. The van der Waals surface area contributed by atoms with E-state index < -0.39 is 16.8 Å². The van der Waals surface area contributed by atoms with Gasteiger partial charge >= 0.3 is 5.97 Å². The number of halogens is 1. The molecule has 1 heterocycles. The summed E-state index contributed by atoms with van der Waals surface area (Å²) in [4.78, 5) is 41.3. The zero-order chi connectivity index (χ0) is 22.4. The molecule has 31 heavy (non-hydrogen) atoms. The van der Waals surface area contributed by atoms with Crippen LogP contribution < -0.4 is 4.90 Å². The summed E-state index contributed by atoms with van der Waals surface area (Å²) >= 11 is 6.19. The van der Waals surface area contributed by atoms with Crippen LogP contribution in [0.15, 0.2) is 67.0 Å². The molecule has 3 aromatic rings. The molecule has 0 unspecified atom stereocenters. The fraction of sp³-hybridized carbons (Fsp3) is 0.136. The van der Waals surface area contributed by atoms with Gasteiger partial charge in [0.25, 0.3) is 11.6 Å². The van der Waals surface area contributed by atoms with Crippen LogP contribution in [-0.2, 0) is 11.3 Å². The van der Waals surface area contributed by atoms with Crippen LogP contribution in [-0.4, -0.2) is 28.4 Å². The van der Waals surface area contributed by atoms with Gasteiger partial charge in [-0.15, -0.1) is 0 Å². The Kier molecular flexibility index (Phi) is 6.94. The topological polar surface area (TPSA) is 103 Å². The molecule has 0 aliphatic rings. The highest BCUT2D eigenvalue weighted by atomic mass is 35.5. The minimum absolute atomic E-state index is 0.000563. The van der Waals surface area contributed by atoms with E-state index in [0.29, 0.717) is 11.3 Å². The van der Waals surface area contributed by atoms with Crippen LogP contribution in [0.25, 0.3) is 0 Å². The van der Waals surface area contributed by atoms with Crippen molar-refractivity contribution < 1.29 is 19.2 Å². The van der Waals surface area contributed by atoms with Gasteiger partial charge in [-0.3, -0.25) is 19.9 Å². The van der Waals surface area contributed by atoms with Gasteiger partial charge in [-0.25, -0.2) is 4.79 Å². The predicted octanol–water partition coefficient (Wildman–Crippen LogP) is 4.67. The van der Waals surface area contributed by atoms with E-state index in [-0.39, 0.29) is 29.4 Å². The van der Waals surface area contributed by atoms with Crippen molar-refractivity contribution in [1.82, 2.24) is 4.98 Å². The molecule has 2 aromatic carbocycles. The number of ether oxygens (including phenoxy) is 1. The fourth-order valence-corrected chi connectivity index (χ4v) is 3.08. The maximum atomic E-state index is 13.4. The first kappa shape index (κ1) is 21.9. The summed E-state index contributed by atoms with van der Waals surface area (Å²) in [5.74, 6) is -0.989. The molecule has 3 rings (SSSR count). The number of pyridine rings is 1. The van der Waals surface area contributed by atoms with Crippen molar-refractivity contribution in [2.75, 3.05) is 11.5 Å². The highest BCUT2D eigenvalue weighted by molar-refractivity contribution is 6.34. The molecule has 0 saturated carbocycles. The normalized spacial score (nSPS) is 10.4. The number of amides is 1. The maximum absolute atomic E-state index is 13.4. The quantitative estimate of drug-likeness (QED) is 0.301. The molecular formula is C22H18ClN3O5. The van der Waals surface area contributed by atoms with Gasteiger partial charge in [0.1, 0.15) is 0 Å². The van der Waals surface area contributed by atoms with E-state index in [9.17, 15) is 19.7 Å². The highest BCUT2D eigenvalue weighted by Crippen LogP contribution is 2.27. The largest absolute Gasteiger partial charge is 0.462 e. The van der Waals surface area contributed by atoms with Crippen LogP contribution in [0, 0.1) is 10.1 Å². The molecule has 1 aromatic heterocycles. The van der Waals surface area contributed by atoms with Crippen LogP contribution in [0.5, 0.6) is 0 Å². The van der Waals surface area contributed by atoms with Gasteiger partial charge in [0.15, 0.2) is 0 Å². The lowest BCUT2D eigenvalue weighted by atomic mass is 10.1. The third kappa shape index (κ3) is 5.23. The third-order valence-electron chi connectivity index (χ3n) is 4.42. The lowest BCUT2D eigenvalue weighted by Crippen LogP contribution is -2.30. The Morgan fingerprint density at radius 1 is 1.10 bits per heavy atom. The predicted molar refractivity (Wildman–Crippen MR) is 115 cm³/mol. The first-order chi connectivity index (χ1) is 14.9. The van der Waals surface area contributed by atoms with Crippen LogP contribution in [0.1, 0.15) is 33.2 Å². The van der Waals surface area contributed by atoms with Gasteiger partial charge in [0, 0.05) is 30.2 Å². The molecule has 0 atom stereocenters. The number of nitro groups is 1. The first-order valence-electron chi connectivity index (χ1n) is 9.32. The lowest BCUT2D eigenvalue weighted by Gasteiger charge is -2.24. The molecular weight excluding hydrogens is 422 g/mol. The van der Waals surface area contributed by atoms with Crippen molar-refractivity contribution >= 4 is 34.9 Å². The van der Waals surface area contributed by atoms with Crippen LogP contribution >= 0.6 is 11.6 Å². The number of benzene rings is 2. The van der Waals surface area contributed by atoms with E-state index in [2.05, 4.69) is 4.98 Å². The van der Waals surface area contributed by atoms with Crippen LogP contribution in [0.3, 0.4) is 0 Å². The van der Waals surface area contributed by atoms with Crippen molar-refractivity contribution in [1.29, 1.82) is 0 Å². The average Bonchev–Trinajstić information content (AvgIpc) is 2.78. The van der Waals surface area contributed by atoms with E-state index >= 15 is 0 Å². The molecule has 158 valence electrons. The van der Waals surface area contributed by atoms with Gasteiger partial charge in [-0.1, -0.05) is 11.6 Å². The molecule has 0 aliphatic heterocycles. The van der Waals surface area contributed by atoms with E-state index in [1.54, 1.807) is 55.7 Å². The van der Waals surface area contributed by atoms with Crippen molar-refractivity contribution in [3.63, 3.8) is 0 Å². The molecule has 0 radical (unpaired) electrons. The van der Waals surface area contributed by atoms with Gasteiger partial charge < -0.3 is 9.64 Å². The number of rotatable bonds is 7. The summed E-state index contributed by atoms with van der Waals surface area (Å²) in [7, 11) is 0. The molecule has 0 N–H and O–H groups in total. The zero-order valence-corrected chi connectivity index (χ0v) is 17.3.